The maximum Gasteiger partial charge on any atom is 0.215 e. The Balaban J connectivity index is 1.97. The van der Waals surface area contributed by atoms with E-state index in [0.717, 1.165) is 32.2 Å². The van der Waals surface area contributed by atoms with Gasteiger partial charge in [0.1, 0.15) is 0 Å². The average molecular weight is 274 g/mol. The lowest BCUT2D eigenvalue weighted by atomic mass is 10.1. The van der Waals surface area contributed by atoms with E-state index >= 15 is 0 Å². The van der Waals surface area contributed by atoms with Crippen molar-refractivity contribution in [2.75, 3.05) is 18.8 Å². The smallest absolute Gasteiger partial charge is 0.215 e. The van der Waals surface area contributed by atoms with Crippen molar-refractivity contribution in [2.45, 2.75) is 58.0 Å². The van der Waals surface area contributed by atoms with Gasteiger partial charge in [-0.25, -0.2) is 8.42 Å². The van der Waals surface area contributed by atoms with Gasteiger partial charge in [-0.05, 0) is 38.1 Å². The first-order valence-electron chi connectivity index (χ1n) is 7.22. The molecular formula is C13H26N2O2S. The first-order chi connectivity index (χ1) is 8.49. The number of hydrogen-bond donors (Lipinski definition) is 1. The second kappa shape index (κ2) is 5.88. The van der Waals surface area contributed by atoms with E-state index in [0.29, 0.717) is 18.5 Å². The maximum absolute atomic E-state index is 12.5. The van der Waals surface area contributed by atoms with E-state index in [1.54, 1.807) is 4.31 Å². The summed E-state index contributed by atoms with van der Waals surface area (Å²) in [5, 5.41) is 3.34. The van der Waals surface area contributed by atoms with Crippen LogP contribution in [0.2, 0.25) is 0 Å². The van der Waals surface area contributed by atoms with E-state index in [1.165, 1.54) is 6.42 Å². The fraction of sp³-hybridized carbons (Fsp3) is 1.00. The van der Waals surface area contributed by atoms with Crippen LogP contribution in [0.25, 0.3) is 0 Å². The molecule has 5 heteroatoms. The number of sulfonamides is 1. The Morgan fingerprint density at radius 2 is 1.94 bits per heavy atom. The fourth-order valence-corrected chi connectivity index (χ4v) is 4.80. The van der Waals surface area contributed by atoms with Crippen LogP contribution in [0.15, 0.2) is 0 Å². The van der Waals surface area contributed by atoms with E-state index < -0.39 is 10.0 Å². The summed E-state index contributed by atoms with van der Waals surface area (Å²) >= 11 is 0. The lowest BCUT2D eigenvalue weighted by molar-refractivity contribution is 0.351. The number of hydrogen-bond acceptors (Lipinski definition) is 3. The van der Waals surface area contributed by atoms with Gasteiger partial charge in [0.25, 0.3) is 0 Å². The Kier molecular flexibility index (Phi) is 4.67. The van der Waals surface area contributed by atoms with Crippen LogP contribution in [0, 0.1) is 5.92 Å². The van der Waals surface area contributed by atoms with Crippen LogP contribution in [-0.2, 0) is 10.0 Å². The Labute approximate surface area is 111 Å². The van der Waals surface area contributed by atoms with Gasteiger partial charge in [0.15, 0.2) is 0 Å². The lowest BCUT2D eigenvalue weighted by Crippen LogP contribution is -2.45. The van der Waals surface area contributed by atoms with Crippen LogP contribution in [0.1, 0.15) is 46.0 Å². The van der Waals surface area contributed by atoms with Gasteiger partial charge in [-0.2, -0.15) is 4.31 Å². The summed E-state index contributed by atoms with van der Waals surface area (Å²) in [5.41, 5.74) is 0. The molecule has 1 saturated carbocycles. The summed E-state index contributed by atoms with van der Waals surface area (Å²) in [5.74, 6) is 0.690. The number of nitrogens with zero attached hydrogens (tertiary/aromatic N) is 1. The summed E-state index contributed by atoms with van der Waals surface area (Å²) in [4.78, 5) is 0. The van der Waals surface area contributed by atoms with Gasteiger partial charge >= 0.3 is 0 Å². The van der Waals surface area contributed by atoms with Crippen LogP contribution in [0.4, 0.5) is 0 Å². The summed E-state index contributed by atoms with van der Waals surface area (Å²) in [6, 6.07) is 0.457. The predicted molar refractivity (Wildman–Crippen MR) is 74.0 cm³/mol. The molecule has 106 valence electrons. The zero-order chi connectivity index (χ0) is 13.2. The van der Waals surface area contributed by atoms with E-state index in [1.807, 2.05) is 0 Å². The van der Waals surface area contributed by atoms with Gasteiger partial charge in [0.2, 0.25) is 10.0 Å². The van der Waals surface area contributed by atoms with Crippen LogP contribution in [0.3, 0.4) is 0 Å². The molecule has 1 aliphatic carbocycles. The molecule has 1 unspecified atom stereocenters. The number of piperidine rings is 1. The SMILES string of the molecule is CC(C)CN(C1CC1)S(=O)(=O)CC1CCCCN1. The molecular weight excluding hydrogens is 248 g/mol. The first kappa shape index (κ1) is 14.3. The molecule has 4 nitrogen and oxygen atoms in total. The van der Waals surface area contributed by atoms with E-state index in [2.05, 4.69) is 19.2 Å². The molecule has 0 spiro atoms. The third-order valence-corrected chi connectivity index (χ3v) is 5.67. The Hall–Kier alpha value is -0.130. The maximum atomic E-state index is 12.5. The van der Waals surface area contributed by atoms with Crippen LogP contribution >= 0.6 is 0 Å². The topological polar surface area (TPSA) is 49.4 Å². The summed E-state index contributed by atoms with van der Waals surface area (Å²) < 4.78 is 26.8. The van der Waals surface area contributed by atoms with Crippen molar-refractivity contribution in [1.82, 2.24) is 9.62 Å². The minimum Gasteiger partial charge on any atom is -0.313 e. The Morgan fingerprint density at radius 3 is 2.44 bits per heavy atom. The summed E-state index contributed by atoms with van der Waals surface area (Å²) in [6.45, 7) is 5.82. The second-order valence-corrected chi connectivity index (χ2v) is 8.09. The van der Waals surface area contributed by atoms with Crippen LogP contribution in [-0.4, -0.2) is 43.6 Å². The first-order valence-corrected chi connectivity index (χ1v) is 8.83. The lowest BCUT2D eigenvalue weighted by Gasteiger charge is -2.28. The van der Waals surface area contributed by atoms with E-state index in [4.69, 9.17) is 0 Å². The monoisotopic (exact) mass is 274 g/mol. The molecule has 1 N–H and O–H groups in total. The highest BCUT2D eigenvalue weighted by Crippen LogP contribution is 2.30. The molecule has 2 aliphatic rings. The van der Waals surface area contributed by atoms with Crippen molar-refractivity contribution in [1.29, 1.82) is 0 Å². The van der Waals surface area contributed by atoms with Crippen molar-refractivity contribution >= 4 is 10.0 Å². The van der Waals surface area contributed by atoms with E-state index in [-0.39, 0.29) is 11.8 Å². The van der Waals surface area contributed by atoms with Gasteiger partial charge in [-0.3, -0.25) is 0 Å². The van der Waals surface area contributed by atoms with Crippen molar-refractivity contribution in [3.05, 3.63) is 0 Å². The second-order valence-electron chi connectivity index (χ2n) is 6.12. The molecule has 2 fully saturated rings. The Bertz CT molecular complexity index is 357. The molecule has 1 saturated heterocycles. The fourth-order valence-electron chi connectivity index (χ4n) is 2.63. The minimum atomic E-state index is -3.08. The molecule has 1 heterocycles. The third kappa shape index (κ3) is 3.93. The van der Waals surface area contributed by atoms with Crippen molar-refractivity contribution in [3.63, 3.8) is 0 Å². The zero-order valence-corrected chi connectivity index (χ0v) is 12.4. The van der Waals surface area contributed by atoms with E-state index in [9.17, 15) is 8.42 Å². The largest absolute Gasteiger partial charge is 0.313 e. The van der Waals surface area contributed by atoms with Crippen molar-refractivity contribution < 1.29 is 8.42 Å². The molecule has 1 aliphatic heterocycles. The van der Waals surface area contributed by atoms with Gasteiger partial charge in [-0.15, -0.1) is 0 Å². The molecule has 0 bridgehead atoms. The highest BCUT2D eigenvalue weighted by Gasteiger charge is 2.38. The van der Waals surface area contributed by atoms with Gasteiger partial charge < -0.3 is 5.32 Å². The standard InChI is InChI=1S/C13H26N2O2S/c1-11(2)9-15(13-6-7-13)18(16,17)10-12-5-3-4-8-14-12/h11-14H,3-10H2,1-2H3. The summed E-state index contributed by atoms with van der Waals surface area (Å²) in [6.07, 6.45) is 5.42. The third-order valence-electron chi connectivity index (χ3n) is 3.68. The van der Waals surface area contributed by atoms with Crippen LogP contribution < -0.4 is 5.32 Å². The molecule has 0 aromatic rings. The molecule has 1 atom stereocenters. The molecule has 0 amide bonds. The molecule has 0 aromatic carbocycles. The number of rotatable bonds is 6. The van der Waals surface area contributed by atoms with Crippen LogP contribution in [0.5, 0.6) is 0 Å². The highest BCUT2D eigenvalue weighted by molar-refractivity contribution is 7.89. The Morgan fingerprint density at radius 1 is 1.22 bits per heavy atom. The van der Waals surface area contributed by atoms with Crippen molar-refractivity contribution in [2.24, 2.45) is 5.92 Å². The molecule has 0 radical (unpaired) electrons. The molecule has 2 rings (SSSR count). The highest BCUT2D eigenvalue weighted by atomic mass is 32.2. The zero-order valence-electron chi connectivity index (χ0n) is 11.6. The minimum absolute atomic E-state index is 0.164. The van der Waals surface area contributed by atoms with Gasteiger partial charge in [0, 0.05) is 18.6 Å². The summed E-state index contributed by atoms with van der Waals surface area (Å²) in [7, 11) is -3.08. The predicted octanol–water partition coefficient (Wildman–Crippen LogP) is 1.58. The molecule has 18 heavy (non-hydrogen) atoms. The normalized spacial score (nSPS) is 25.9. The average Bonchev–Trinajstić information content (AvgIpc) is 3.10. The number of nitrogens with one attached hydrogen (secondary N) is 1. The van der Waals surface area contributed by atoms with Gasteiger partial charge in [-0.1, -0.05) is 20.3 Å². The molecule has 0 aromatic heterocycles. The van der Waals surface area contributed by atoms with Crippen molar-refractivity contribution in [3.8, 4) is 0 Å². The quantitative estimate of drug-likeness (QED) is 0.800. The van der Waals surface area contributed by atoms with Gasteiger partial charge in [0.05, 0.1) is 5.75 Å².